The molecule has 106 valence electrons. The molecule has 1 aromatic heterocycles. The number of halogens is 1. The molecule has 1 atom stereocenters. The van der Waals surface area contributed by atoms with Crippen LogP contribution in [0.25, 0.3) is 10.9 Å². The van der Waals surface area contributed by atoms with E-state index in [0.29, 0.717) is 0 Å². The fourth-order valence-electron chi connectivity index (χ4n) is 2.78. The van der Waals surface area contributed by atoms with E-state index in [1.807, 2.05) is 54.7 Å². The molecule has 0 amide bonds. The van der Waals surface area contributed by atoms with Gasteiger partial charge in [-0.3, -0.25) is 0 Å². The zero-order valence-corrected chi connectivity index (χ0v) is 13.2. The minimum atomic E-state index is -0.742. The zero-order chi connectivity index (χ0) is 15.5. The Hall–Kier alpha value is -2.56. The zero-order valence-electron chi connectivity index (χ0n) is 11.6. The van der Waals surface area contributed by atoms with Gasteiger partial charge in [0.2, 0.25) is 0 Å². The summed E-state index contributed by atoms with van der Waals surface area (Å²) < 4.78 is 0.935. The Morgan fingerprint density at radius 3 is 2.50 bits per heavy atom. The van der Waals surface area contributed by atoms with Gasteiger partial charge in [0.1, 0.15) is 5.92 Å². The number of aromatic nitrogens is 1. The van der Waals surface area contributed by atoms with Gasteiger partial charge in [-0.05, 0) is 29.3 Å². The van der Waals surface area contributed by atoms with Crippen LogP contribution >= 0.6 is 15.9 Å². The number of benzene rings is 2. The summed E-state index contributed by atoms with van der Waals surface area (Å²) in [5, 5.41) is 19.9. The number of nitriles is 2. The molecule has 0 saturated carbocycles. The molecule has 0 aliphatic rings. The quantitative estimate of drug-likeness (QED) is 0.742. The van der Waals surface area contributed by atoms with E-state index < -0.39 is 5.92 Å². The van der Waals surface area contributed by atoms with Crippen LogP contribution in [0, 0.1) is 28.6 Å². The maximum absolute atomic E-state index is 9.40. The molecule has 0 spiro atoms. The molecule has 3 aromatic rings. The molecule has 3 nitrogen and oxygen atoms in total. The molecular formula is C18H12BrN3. The molecular weight excluding hydrogens is 338 g/mol. The van der Waals surface area contributed by atoms with Crippen LogP contribution in [0.5, 0.6) is 0 Å². The van der Waals surface area contributed by atoms with Crippen molar-refractivity contribution < 1.29 is 0 Å². The lowest BCUT2D eigenvalue weighted by atomic mass is 9.82. The minimum absolute atomic E-state index is 0.288. The second-order valence-corrected chi connectivity index (χ2v) is 5.97. The van der Waals surface area contributed by atoms with Crippen molar-refractivity contribution in [3.63, 3.8) is 0 Å². The molecule has 2 aromatic carbocycles. The highest BCUT2D eigenvalue weighted by atomic mass is 79.9. The van der Waals surface area contributed by atoms with E-state index in [9.17, 15) is 10.5 Å². The monoisotopic (exact) mass is 349 g/mol. The molecule has 1 heterocycles. The van der Waals surface area contributed by atoms with Crippen LogP contribution in [-0.4, -0.2) is 4.98 Å². The van der Waals surface area contributed by atoms with Crippen molar-refractivity contribution in [2.45, 2.75) is 5.92 Å². The van der Waals surface area contributed by atoms with Crippen molar-refractivity contribution in [3.8, 4) is 12.1 Å². The predicted molar refractivity (Wildman–Crippen MR) is 89.0 cm³/mol. The van der Waals surface area contributed by atoms with Gasteiger partial charge in [-0.2, -0.15) is 10.5 Å². The largest absolute Gasteiger partial charge is 0.361 e. The van der Waals surface area contributed by atoms with Gasteiger partial charge < -0.3 is 4.98 Å². The molecule has 0 bridgehead atoms. The Kier molecular flexibility index (Phi) is 3.96. The van der Waals surface area contributed by atoms with Crippen molar-refractivity contribution >= 4 is 26.8 Å². The van der Waals surface area contributed by atoms with Crippen LogP contribution in [-0.2, 0) is 0 Å². The van der Waals surface area contributed by atoms with Gasteiger partial charge in [0.05, 0.1) is 12.1 Å². The highest BCUT2D eigenvalue weighted by Crippen LogP contribution is 2.36. The summed E-state index contributed by atoms with van der Waals surface area (Å²) in [6, 6.07) is 20.0. The fourth-order valence-corrected chi connectivity index (χ4v) is 3.20. The Morgan fingerprint density at radius 2 is 1.77 bits per heavy atom. The van der Waals surface area contributed by atoms with Crippen molar-refractivity contribution in [1.82, 2.24) is 4.98 Å². The van der Waals surface area contributed by atoms with E-state index in [4.69, 9.17) is 0 Å². The first kappa shape index (κ1) is 14.4. The standard InChI is InChI=1S/C18H12BrN3/c19-14-5-3-4-12(8-14)18(13(9-20)10-21)16-11-22-17-7-2-1-6-15(16)17/h1-8,11,13,18,22H. The summed E-state index contributed by atoms with van der Waals surface area (Å²) in [5.74, 6) is -1.03. The maximum Gasteiger partial charge on any atom is 0.144 e. The SMILES string of the molecule is N#CC(C#N)C(c1cccc(Br)c1)c1c[nH]c2ccccc12. The van der Waals surface area contributed by atoms with Crippen LogP contribution in [0.4, 0.5) is 0 Å². The number of H-pyrrole nitrogens is 1. The van der Waals surface area contributed by atoms with Gasteiger partial charge >= 0.3 is 0 Å². The molecule has 4 heteroatoms. The molecule has 3 rings (SSSR count). The number of aromatic amines is 1. The predicted octanol–water partition coefficient (Wildman–Crippen LogP) is 4.73. The van der Waals surface area contributed by atoms with E-state index >= 15 is 0 Å². The fraction of sp³-hybridized carbons (Fsp3) is 0.111. The van der Waals surface area contributed by atoms with Gasteiger partial charge in [-0.25, -0.2) is 0 Å². The van der Waals surface area contributed by atoms with Crippen LogP contribution in [0.1, 0.15) is 17.0 Å². The number of fused-ring (bicyclic) bond motifs is 1. The summed E-state index contributed by atoms with van der Waals surface area (Å²) in [4.78, 5) is 3.23. The summed E-state index contributed by atoms with van der Waals surface area (Å²) in [7, 11) is 0. The molecule has 0 fully saturated rings. The summed E-state index contributed by atoms with van der Waals surface area (Å²) in [6.07, 6.45) is 1.90. The third-order valence-corrected chi connectivity index (χ3v) is 4.27. The minimum Gasteiger partial charge on any atom is -0.361 e. The number of nitrogens with zero attached hydrogens (tertiary/aromatic N) is 2. The molecule has 1 N–H and O–H groups in total. The van der Waals surface area contributed by atoms with Gasteiger partial charge in [-0.1, -0.05) is 46.3 Å². The van der Waals surface area contributed by atoms with E-state index in [2.05, 4.69) is 33.1 Å². The Bertz CT molecular complexity index is 884. The number of hydrogen-bond acceptors (Lipinski definition) is 2. The third kappa shape index (κ3) is 2.50. The summed E-state index contributed by atoms with van der Waals surface area (Å²) in [6.45, 7) is 0. The number of hydrogen-bond donors (Lipinski definition) is 1. The van der Waals surface area contributed by atoms with Crippen LogP contribution in [0.3, 0.4) is 0 Å². The maximum atomic E-state index is 9.40. The van der Waals surface area contributed by atoms with Gasteiger partial charge in [-0.15, -0.1) is 0 Å². The second kappa shape index (κ2) is 6.05. The van der Waals surface area contributed by atoms with E-state index in [1.165, 1.54) is 0 Å². The normalized spacial score (nSPS) is 12.0. The molecule has 0 saturated heterocycles. The Labute approximate surface area is 136 Å². The molecule has 0 aliphatic carbocycles. The van der Waals surface area contributed by atoms with Gasteiger partial charge in [0.15, 0.2) is 0 Å². The average Bonchev–Trinajstić information content (AvgIpc) is 2.96. The highest BCUT2D eigenvalue weighted by Gasteiger charge is 2.27. The number of rotatable bonds is 3. The lowest BCUT2D eigenvalue weighted by molar-refractivity contribution is 0.714. The van der Waals surface area contributed by atoms with Crippen molar-refractivity contribution in [2.75, 3.05) is 0 Å². The average molecular weight is 350 g/mol. The van der Waals surface area contributed by atoms with E-state index in [-0.39, 0.29) is 5.92 Å². The van der Waals surface area contributed by atoms with Gasteiger partial charge in [0.25, 0.3) is 0 Å². The number of nitrogens with one attached hydrogen (secondary N) is 1. The summed E-state index contributed by atoms with van der Waals surface area (Å²) >= 11 is 3.46. The first-order valence-corrected chi connectivity index (χ1v) is 7.64. The van der Waals surface area contributed by atoms with Crippen molar-refractivity contribution in [1.29, 1.82) is 10.5 Å². The van der Waals surface area contributed by atoms with Crippen LogP contribution < -0.4 is 0 Å². The first-order valence-electron chi connectivity index (χ1n) is 6.85. The topological polar surface area (TPSA) is 63.4 Å². The molecule has 1 unspecified atom stereocenters. The molecule has 0 radical (unpaired) electrons. The van der Waals surface area contributed by atoms with Crippen LogP contribution in [0.2, 0.25) is 0 Å². The van der Waals surface area contributed by atoms with E-state index in [0.717, 1.165) is 26.5 Å². The number of para-hydroxylation sites is 1. The van der Waals surface area contributed by atoms with Crippen molar-refractivity contribution in [3.05, 3.63) is 70.3 Å². The molecule has 0 aliphatic heterocycles. The Balaban J connectivity index is 2.22. The lowest BCUT2D eigenvalue weighted by Gasteiger charge is -2.18. The van der Waals surface area contributed by atoms with E-state index in [1.54, 1.807) is 0 Å². The second-order valence-electron chi connectivity index (χ2n) is 5.06. The molecule has 22 heavy (non-hydrogen) atoms. The summed E-state index contributed by atoms with van der Waals surface area (Å²) in [5.41, 5.74) is 2.93. The smallest absolute Gasteiger partial charge is 0.144 e. The van der Waals surface area contributed by atoms with Crippen LogP contribution in [0.15, 0.2) is 59.2 Å². The third-order valence-electron chi connectivity index (χ3n) is 3.78. The highest BCUT2D eigenvalue weighted by molar-refractivity contribution is 9.10. The van der Waals surface area contributed by atoms with Crippen molar-refractivity contribution in [2.24, 2.45) is 5.92 Å². The lowest BCUT2D eigenvalue weighted by Crippen LogP contribution is -2.11. The Morgan fingerprint density at radius 1 is 1.00 bits per heavy atom. The van der Waals surface area contributed by atoms with Gasteiger partial charge in [0, 0.05) is 27.5 Å². The first-order chi connectivity index (χ1) is 10.7.